The van der Waals surface area contributed by atoms with Crippen LogP contribution in [0.2, 0.25) is 0 Å². The molecule has 20 heavy (non-hydrogen) atoms. The SMILES string of the molecule is CCN(CC)C(=S)Sc1ccc(C(N)=O)cc1[N+](=O)[O-]. The van der Waals surface area contributed by atoms with E-state index in [1.54, 1.807) is 0 Å². The van der Waals surface area contributed by atoms with E-state index in [2.05, 4.69) is 0 Å². The van der Waals surface area contributed by atoms with Crippen molar-refractivity contribution in [3.8, 4) is 0 Å². The number of nitrogens with zero attached hydrogens (tertiary/aromatic N) is 2. The van der Waals surface area contributed by atoms with Crippen molar-refractivity contribution < 1.29 is 9.72 Å². The van der Waals surface area contributed by atoms with Crippen LogP contribution in [0.5, 0.6) is 0 Å². The van der Waals surface area contributed by atoms with E-state index < -0.39 is 10.8 Å². The monoisotopic (exact) mass is 313 g/mol. The lowest BCUT2D eigenvalue weighted by Crippen LogP contribution is -2.26. The van der Waals surface area contributed by atoms with Crippen LogP contribution in [0.25, 0.3) is 0 Å². The lowest BCUT2D eigenvalue weighted by molar-refractivity contribution is -0.387. The molecule has 0 aliphatic heterocycles. The van der Waals surface area contributed by atoms with Crippen LogP contribution in [-0.4, -0.2) is 33.1 Å². The fraction of sp³-hybridized carbons (Fsp3) is 0.333. The second-order valence-corrected chi connectivity index (χ2v) is 5.52. The maximum Gasteiger partial charge on any atom is 0.284 e. The molecule has 0 aliphatic rings. The van der Waals surface area contributed by atoms with Gasteiger partial charge < -0.3 is 10.6 Å². The Morgan fingerprint density at radius 2 is 2.05 bits per heavy atom. The van der Waals surface area contributed by atoms with Gasteiger partial charge in [0.25, 0.3) is 5.69 Å². The normalized spacial score (nSPS) is 10.1. The van der Waals surface area contributed by atoms with Crippen LogP contribution in [0, 0.1) is 10.1 Å². The molecule has 0 spiro atoms. The number of nitrogens with two attached hydrogens (primary N) is 1. The summed E-state index contributed by atoms with van der Waals surface area (Å²) in [7, 11) is 0. The fourth-order valence-corrected chi connectivity index (χ4v) is 3.02. The predicted molar refractivity (Wildman–Crippen MR) is 83.0 cm³/mol. The standard InChI is InChI=1S/C12H15N3O3S2/c1-3-14(4-2)12(19)20-10-6-5-8(11(13)16)7-9(10)15(17)18/h5-7H,3-4H2,1-2H3,(H2,13,16). The molecular weight excluding hydrogens is 298 g/mol. The summed E-state index contributed by atoms with van der Waals surface area (Å²) in [4.78, 5) is 23.9. The summed E-state index contributed by atoms with van der Waals surface area (Å²) in [5.74, 6) is -0.698. The molecule has 0 fully saturated rings. The number of carbonyl (C=O) groups is 1. The molecule has 0 atom stereocenters. The summed E-state index contributed by atoms with van der Waals surface area (Å²) in [5, 5.41) is 11.1. The van der Waals surface area contributed by atoms with Crippen LogP contribution in [0.1, 0.15) is 24.2 Å². The summed E-state index contributed by atoms with van der Waals surface area (Å²) < 4.78 is 0.560. The van der Waals surface area contributed by atoms with Crippen molar-refractivity contribution in [1.29, 1.82) is 0 Å². The molecule has 6 nitrogen and oxygen atoms in total. The molecule has 0 saturated carbocycles. The van der Waals surface area contributed by atoms with Crippen LogP contribution in [0.4, 0.5) is 5.69 Å². The van der Waals surface area contributed by atoms with Gasteiger partial charge in [0.1, 0.15) is 4.32 Å². The van der Waals surface area contributed by atoms with Crippen LogP contribution >= 0.6 is 24.0 Å². The zero-order valence-corrected chi connectivity index (χ0v) is 12.8. The third-order valence-corrected chi connectivity index (χ3v) is 4.17. The molecule has 8 heteroatoms. The molecular formula is C12H15N3O3S2. The minimum atomic E-state index is -0.698. The number of amides is 1. The van der Waals surface area contributed by atoms with Crippen LogP contribution in [0.15, 0.2) is 23.1 Å². The lowest BCUT2D eigenvalue weighted by atomic mass is 10.2. The molecule has 0 radical (unpaired) electrons. The minimum absolute atomic E-state index is 0.106. The first-order chi connectivity index (χ1) is 9.40. The summed E-state index contributed by atoms with van der Waals surface area (Å²) in [6.45, 7) is 5.38. The van der Waals surface area contributed by atoms with E-state index in [0.717, 1.165) is 24.9 Å². The van der Waals surface area contributed by atoms with Gasteiger partial charge in [0.15, 0.2) is 0 Å². The Labute approximate surface area is 126 Å². The van der Waals surface area contributed by atoms with Gasteiger partial charge in [-0.15, -0.1) is 0 Å². The molecule has 0 heterocycles. The summed E-state index contributed by atoms with van der Waals surface area (Å²) in [6.07, 6.45) is 0. The first-order valence-corrected chi connectivity index (χ1v) is 7.18. The van der Waals surface area contributed by atoms with Crippen molar-refractivity contribution in [1.82, 2.24) is 4.90 Å². The highest BCUT2D eigenvalue weighted by atomic mass is 32.2. The first-order valence-electron chi connectivity index (χ1n) is 5.95. The average Bonchev–Trinajstić information content (AvgIpc) is 2.39. The molecule has 1 aromatic carbocycles. The largest absolute Gasteiger partial charge is 0.366 e. The first kappa shape index (κ1) is 16.4. The van der Waals surface area contributed by atoms with Crippen LogP contribution < -0.4 is 5.73 Å². The Morgan fingerprint density at radius 3 is 2.50 bits per heavy atom. The van der Waals surface area contributed by atoms with Gasteiger partial charge in [-0.25, -0.2) is 0 Å². The van der Waals surface area contributed by atoms with E-state index >= 15 is 0 Å². The topological polar surface area (TPSA) is 89.5 Å². The van der Waals surface area contributed by atoms with Crippen molar-refractivity contribution in [3.05, 3.63) is 33.9 Å². The summed E-state index contributed by atoms with van der Waals surface area (Å²) in [6, 6.07) is 4.14. The Balaban J connectivity index is 3.09. The highest BCUT2D eigenvalue weighted by Gasteiger charge is 2.19. The van der Waals surface area contributed by atoms with Gasteiger partial charge in [0.2, 0.25) is 5.91 Å². The number of benzene rings is 1. The van der Waals surface area contributed by atoms with Gasteiger partial charge in [-0.05, 0) is 26.0 Å². The summed E-state index contributed by atoms with van der Waals surface area (Å²) >= 11 is 6.40. The van der Waals surface area contributed by atoms with Crippen molar-refractivity contribution >= 4 is 39.9 Å². The molecule has 0 bridgehead atoms. The van der Waals surface area contributed by atoms with E-state index in [4.69, 9.17) is 18.0 Å². The molecule has 1 amide bonds. The second kappa shape index (κ2) is 7.20. The van der Waals surface area contributed by atoms with E-state index in [9.17, 15) is 14.9 Å². The minimum Gasteiger partial charge on any atom is -0.366 e. The zero-order chi connectivity index (χ0) is 15.3. The molecule has 1 rings (SSSR count). The smallest absolute Gasteiger partial charge is 0.284 e. The highest BCUT2D eigenvalue weighted by molar-refractivity contribution is 8.23. The van der Waals surface area contributed by atoms with Gasteiger partial charge in [0, 0.05) is 24.7 Å². The molecule has 0 saturated heterocycles. The van der Waals surface area contributed by atoms with Gasteiger partial charge >= 0.3 is 0 Å². The third kappa shape index (κ3) is 3.91. The van der Waals surface area contributed by atoms with Gasteiger partial charge in [0.05, 0.1) is 9.82 Å². The molecule has 0 aliphatic carbocycles. The van der Waals surface area contributed by atoms with Gasteiger partial charge in [-0.1, -0.05) is 24.0 Å². The predicted octanol–water partition coefficient (Wildman–Crippen LogP) is 2.41. The Hall–Kier alpha value is -1.67. The van der Waals surface area contributed by atoms with E-state index in [1.807, 2.05) is 18.7 Å². The maximum absolute atomic E-state index is 11.1. The number of nitro groups is 1. The summed E-state index contributed by atoms with van der Waals surface area (Å²) in [5.41, 5.74) is 5.06. The molecule has 108 valence electrons. The zero-order valence-electron chi connectivity index (χ0n) is 11.2. The van der Waals surface area contributed by atoms with Crippen molar-refractivity contribution in [2.75, 3.05) is 13.1 Å². The van der Waals surface area contributed by atoms with Crippen LogP contribution in [-0.2, 0) is 0 Å². The van der Waals surface area contributed by atoms with Gasteiger partial charge in [-0.3, -0.25) is 14.9 Å². The van der Waals surface area contributed by atoms with Crippen molar-refractivity contribution in [2.24, 2.45) is 5.73 Å². The number of hydrogen-bond donors (Lipinski definition) is 1. The Morgan fingerprint density at radius 1 is 1.45 bits per heavy atom. The molecule has 0 unspecified atom stereocenters. The van der Waals surface area contributed by atoms with Crippen LogP contribution in [0.3, 0.4) is 0 Å². The third-order valence-electron chi connectivity index (χ3n) is 2.66. The van der Waals surface area contributed by atoms with E-state index in [-0.39, 0.29) is 11.3 Å². The second-order valence-electron chi connectivity index (χ2n) is 3.84. The maximum atomic E-state index is 11.1. The number of nitro benzene ring substituents is 1. The van der Waals surface area contributed by atoms with E-state index in [1.165, 1.54) is 18.2 Å². The number of primary amides is 1. The Kier molecular flexibility index (Phi) is 5.90. The van der Waals surface area contributed by atoms with Gasteiger partial charge in [-0.2, -0.15) is 0 Å². The van der Waals surface area contributed by atoms with E-state index in [0.29, 0.717) is 9.22 Å². The quantitative estimate of drug-likeness (QED) is 0.388. The highest BCUT2D eigenvalue weighted by Crippen LogP contribution is 2.31. The molecule has 2 N–H and O–H groups in total. The number of thiocarbonyl (C=S) groups is 1. The number of thioether (sulfide) groups is 1. The number of hydrogen-bond acceptors (Lipinski definition) is 5. The average molecular weight is 313 g/mol. The van der Waals surface area contributed by atoms with Crippen molar-refractivity contribution in [2.45, 2.75) is 18.7 Å². The molecule has 0 aromatic heterocycles. The molecule has 1 aromatic rings. The van der Waals surface area contributed by atoms with Crippen molar-refractivity contribution in [3.63, 3.8) is 0 Å². The Bertz CT molecular complexity index is 545. The number of carbonyl (C=O) groups excluding carboxylic acids is 1. The fourth-order valence-electron chi connectivity index (χ4n) is 1.54. The number of rotatable bonds is 5. The lowest BCUT2D eigenvalue weighted by Gasteiger charge is -2.20.